The summed E-state index contributed by atoms with van der Waals surface area (Å²) in [5.74, 6) is 0.476. The van der Waals surface area contributed by atoms with Crippen molar-refractivity contribution in [2.75, 3.05) is 13.7 Å². The second-order valence-corrected chi connectivity index (χ2v) is 5.20. The minimum absolute atomic E-state index is 0.282. The summed E-state index contributed by atoms with van der Waals surface area (Å²) in [6.07, 6.45) is 5.02. The predicted octanol–water partition coefficient (Wildman–Crippen LogP) is 1.47. The number of hydrogen-bond acceptors (Lipinski definition) is 4. The SMILES string of the molecule is CCC1CCC(O)(CNC(C)C(=O)OC)CC1. The van der Waals surface area contributed by atoms with Crippen LogP contribution in [0.15, 0.2) is 0 Å². The van der Waals surface area contributed by atoms with Crippen molar-refractivity contribution in [3.63, 3.8) is 0 Å². The third-order valence-corrected chi connectivity index (χ3v) is 3.91. The summed E-state index contributed by atoms with van der Waals surface area (Å²) in [7, 11) is 1.38. The van der Waals surface area contributed by atoms with E-state index in [9.17, 15) is 9.90 Å². The van der Waals surface area contributed by atoms with Crippen LogP contribution < -0.4 is 5.32 Å². The van der Waals surface area contributed by atoms with Gasteiger partial charge in [0.25, 0.3) is 0 Å². The second kappa shape index (κ2) is 6.36. The summed E-state index contributed by atoms with van der Waals surface area (Å²) in [5.41, 5.74) is -0.645. The molecule has 0 bridgehead atoms. The van der Waals surface area contributed by atoms with Crippen molar-refractivity contribution in [3.8, 4) is 0 Å². The molecule has 0 aliphatic heterocycles. The lowest BCUT2D eigenvalue weighted by Gasteiger charge is -2.36. The molecular formula is C13H25NO3. The van der Waals surface area contributed by atoms with Gasteiger partial charge in [0.05, 0.1) is 12.7 Å². The van der Waals surface area contributed by atoms with Crippen LogP contribution in [0.1, 0.15) is 46.0 Å². The Bertz CT molecular complexity index is 247. The van der Waals surface area contributed by atoms with Gasteiger partial charge in [-0.3, -0.25) is 4.79 Å². The van der Waals surface area contributed by atoms with Gasteiger partial charge in [-0.25, -0.2) is 0 Å². The monoisotopic (exact) mass is 243 g/mol. The van der Waals surface area contributed by atoms with E-state index in [4.69, 9.17) is 0 Å². The first-order valence-corrected chi connectivity index (χ1v) is 6.54. The normalized spacial score (nSPS) is 30.9. The van der Waals surface area contributed by atoms with E-state index in [1.165, 1.54) is 13.5 Å². The third kappa shape index (κ3) is 4.28. The largest absolute Gasteiger partial charge is 0.468 e. The number of esters is 1. The molecular weight excluding hydrogens is 218 g/mol. The Morgan fingerprint density at radius 1 is 1.53 bits per heavy atom. The van der Waals surface area contributed by atoms with Crippen LogP contribution in [0.3, 0.4) is 0 Å². The van der Waals surface area contributed by atoms with Gasteiger partial charge in [0.2, 0.25) is 0 Å². The highest BCUT2D eigenvalue weighted by Crippen LogP contribution is 2.33. The molecule has 1 fully saturated rings. The molecule has 17 heavy (non-hydrogen) atoms. The molecule has 0 saturated heterocycles. The van der Waals surface area contributed by atoms with Crippen molar-refractivity contribution in [2.24, 2.45) is 5.92 Å². The number of carbonyl (C=O) groups is 1. The van der Waals surface area contributed by atoms with Crippen molar-refractivity contribution >= 4 is 5.97 Å². The van der Waals surface area contributed by atoms with Crippen LogP contribution in [0.2, 0.25) is 0 Å². The Morgan fingerprint density at radius 3 is 2.59 bits per heavy atom. The average Bonchev–Trinajstić information content (AvgIpc) is 2.36. The summed E-state index contributed by atoms with van der Waals surface area (Å²) < 4.78 is 4.64. The Hall–Kier alpha value is -0.610. The molecule has 0 aromatic heterocycles. The molecule has 1 unspecified atom stereocenters. The van der Waals surface area contributed by atoms with E-state index < -0.39 is 5.60 Å². The maximum absolute atomic E-state index is 11.2. The lowest BCUT2D eigenvalue weighted by Crippen LogP contribution is -2.48. The van der Waals surface area contributed by atoms with Gasteiger partial charge >= 0.3 is 5.97 Å². The lowest BCUT2D eigenvalue weighted by molar-refractivity contribution is -0.143. The number of hydrogen-bond donors (Lipinski definition) is 2. The fraction of sp³-hybridized carbons (Fsp3) is 0.923. The standard InChI is InChI=1S/C13H25NO3/c1-4-11-5-7-13(16,8-6-11)9-14-10(2)12(15)17-3/h10-11,14,16H,4-9H2,1-3H3. The Kier molecular flexibility index (Phi) is 5.40. The van der Waals surface area contributed by atoms with Crippen molar-refractivity contribution < 1.29 is 14.6 Å². The zero-order valence-corrected chi connectivity index (χ0v) is 11.2. The van der Waals surface area contributed by atoms with Crippen LogP contribution in [0.25, 0.3) is 0 Å². The molecule has 0 aromatic carbocycles. The summed E-state index contributed by atoms with van der Waals surface area (Å²) in [4.78, 5) is 11.2. The van der Waals surface area contributed by atoms with E-state index in [0.717, 1.165) is 31.6 Å². The highest BCUT2D eigenvalue weighted by atomic mass is 16.5. The van der Waals surface area contributed by atoms with Crippen LogP contribution in [0.4, 0.5) is 0 Å². The molecule has 4 heteroatoms. The molecule has 1 aliphatic carbocycles. The summed E-state index contributed by atoms with van der Waals surface area (Å²) in [6, 6.07) is -0.354. The zero-order chi connectivity index (χ0) is 12.9. The second-order valence-electron chi connectivity index (χ2n) is 5.20. The van der Waals surface area contributed by atoms with Gasteiger partial charge in [0.15, 0.2) is 0 Å². The fourth-order valence-corrected chi connectivity index (χ4v) is 2.40. The van der Waals surface area contributed by atoms with Crippen molar-refractivity contribution in [3.05, 3.63) is 0 Å². The van der Waals surface area contributed by atoms with Crippen molar-refractivity contribution in [1.82, 2.24) is 5.32 Å². The summed E-state index contributed by atoms with van der Waals surface area (Å²) in [6.45, 7) is 4.43. The Labute approximate surface area is 104 Å². The molecule has 2 N–H and O–H groups in total. The van der Waals surface area contributed by atoms with E-state index in [2.05, 4.69) is 17.0 Å². The first-order chi connectivity index (χ1) is 8.00. The first kappa shape index (κ1) is 14.5. The maximum Gasteiger partial charge on any atom is 0.322 e. The number of aliphatic hydroxyl groups is 1. The van der Waals surface area contributed by atoms with Gasteiger partial charge < -0.3 is 15.2 Å². The molecule has 4 nitrogen and oxygen atoms in total. The number of nitrogens with one attached hydrogen (secondary N) is 1. The van der Waals surface area contributed by atoms with Crippen LogP contribution in [-0.4, -0.2) is 36.4 Å². The van der Waals surface area contributed by atoms with E-state index >= 15 is 0 Å². The van der Waals surface area contributed by atoms with Crippen LogP contribution in [-0.2, 0) is 9.53 Å². The Balaban J connectivity index is 2.33. The molecule has 0 radical (unpaired) electrons. The van der Waals surface area contributed by atoms with Crippen molar-refractivity contribution in [2.45, 2.75) is 57.6 Å². The maximum atomic E-state index is 11.2. The summed E-state index contributed by atoms with van der Waals surface area (Å²) in [5, 5.41) is 13.4. The molecule has 0 spiro atoms. The Morgan fingerprint density at radius 2 is 2.12 bits per heavy atom. The van der Waals surface area contributed by atoms with Gasteiger partial charge in [0, 0.05) is 6.54 Å². The minimum Gasteiger partial charge on any atom is -0.468 e. The highest BCUT2D eigenvalue weighted by molar-refractivity contribution is 5.75. The minimum atomic E-state index is -0.645. The smallest absolute Gasteiger partial charge is 0.322 e. The van der Waals surface area contributed by atoms with Crippen LogP contribution >= 0.6 is 0 Å². The quantitative estimate of drug-likeness (QED) is 0.718. The molecule has 1 rings (SSSR count). The van der Waals surface area contributed by atoms with Crippen LogP contribution in [0.5, 0.6) is 0 Å². The molecule has 0 heterocycles. The van der Waals surface area contributed by atoms with E-state index in [1.807, 2.05) is 0 Å². The lowest BCUT2D eigenvalue weighted by atomic mass is 9.78. The zero-order valence-electron chi connectivity index (χ0n) is 11.2. The molecule has 1 atom stereocenters. The number of methoxy groups -OCH3 is 1. The molecule has 0 aromatic rings. The number of rotatable bonds is 5. The topological polar surface area (TPSA) is 58.6 Å². The molecule has 1 saturated carbocycles. The fourth-order valence-electron chi connectivity index (χ4n) is 2.40. The number of carbonyl (C=O) groups excluding carboxylic acids is 1. The van der Waals surface area contributed by atoms with Crippen molar-refractivity contribution in [1.29, 1.82) is 0 Å². The first-order valence-electron chi connectivity index (χ1n) is 6.54. The predicted molar refractivity (Wildman–Crippen MR) is 66.7 cm³/mol. The van der Waals surface area contributed by atoms with Gasteiger partial charge in [-0.15, -0.1) is 0 Å². The van der Waals surface area contributed by atoms with Gasteiger partial charge in [-0.1, -0.05) is 13.3 Å². The molecule has 100 valence electrons. The van der Waals surface area contributed by atoms with E-state index in [0.29, 0.717) is 6.54 Å². The van der Waals surface area contributed by atoms with Gasteiger partial charge in [-0.05, 0) is 38.5 Å². The summed E-state index contributed by atoms with van der Waals surface area (Å²) >= 11 is 0. The van der Waals surface area contributed by atoms with E-state index in [-0.39, 0.29) is 12.0 Å². The average molecular weight is 243 g/mol. The van der Waals surface area contributed by atoms with Gasteiger partial charge in [0.1, 0.15) is 6.04 Å². The molecule has 0 amide bonds. The van der Waals surface area contributed by atoms with E-state index in [1.54, 1.807) is 6.92 Å². The third-order valence-electron chi connectivity index (χ3n) is 3.91. The number of ether oxygens (including phenoxy) is 1. The van der Waals surface area contributed by atoms with Gasteiger partial charge in [-0.2, -0.15) is 0 Å². The van der Waals surface area contributed by atoms with Crippen LogP contribution in [0, 0.1) is 5.92 Å². The highest BCUT2D eigenvalue weighted by Gasteiger charge is 2.33. The molecule has 1 aliphatic rings.